The van der Waals surface area contributed by atoms with Gasteiger partial charge in [-0.3, -0.25) is 0 Å². The number of sulfonamides is 1. The molecule has 33 heavy (non-hydrogen) atoms. The fraction of sp³-hybridized carbons (Fsp3) is 0.304. The number of carbonyl (C=O) groups excluding carboxylic acids is 2. The topological polar surface area (TPSA) is 117 Å². The molecule has 0 saturated carbocycles. The minimum atomic E-state index is -4.12. The molecule has 0 fully saturated rings. The number of nitrogens with one attached hydrogen (secondary N) is 1. The van der Waals surface area contributed by atoms with E-state index in [0.717, 1.165) is 5.56 Å². The van der Waals surface area contributed by atoms with Gasteiger partial charge in [0.1, 0.15) is 17.1 Å². The molecule has 1 heterocycles. The first-order valence-electron chi connectivity index (χ1n) is 10.2. The van der Waals surface area contributed by atoms with Crippen LogP contribution in [0.3, 0.4) is 0 Å². The lowest BCUT2D eigenvalue weighted by Crippen LogP contribution is -2.37. The summed E-state index contributed by atoms with van der Waals surface area (Å²) < 4.78 is 50.1. The predicted octanol–water partition coefficient (Wildman–Crippen LogP) is 2.80. The zero-order valence-electron chi connectivity index (χ0n) is 18.7. The van der Waals surface area contributed by atoms with Crippen LogP contribution in [0, 0.1) is 6.92 Å². The van der Waals surface area contributed by atoms with Crippen molar-refractivity contribution in [3.63, 3.8) is 0 Å². The van der Waals surface area contributed by atoms with Gasteiger partial charge in [-0.25, -0.2) is 18.0 Å². The molecule has 1 unspecified atom stereocenters. The van der Waals surface area contributed by atoms with Crippen LogP contribution >= 0.6 is 0 Å². The highest BCUT2D eigenvalue weighted by atomic mass is 32.2. The zero-order valence-corrected chi connectivity index (χ0v) is 19.5. The highest BCUT2D eigenvalue weighted by molar-refractivity contribution is 7.89. The molecular formula is C23H25NO8S. The average molecular weight is 476 g/mol. The van der Waals surface area contributed by atoms with Crippen molar-refractivity contribution in [3.8, 4) is 11.5 Å². The Labute approximate surface area is 192 Å². The zero-order chi connectivity index (χ0) is 24.2. The minimum Gasteiger partial charge on any atom is -0.497 e. The molecule has 0 spiro atoms. The quantitative estimate of drug-likeness (QED) is 0.579. The smallest absolute Gasteiger partial charge is 0.374 e. The lowest BCUT2D eigenvalue weighted by atomic mass is 9.94. The van der Waals surface area contributed by atoms with Crippen molar-refractivity contribution in [2.45, 2.75) is 31.7 Å². The van der Waals surface area contributed by atoms with Gasteiger partial charge in [0.25, 0.3) is 0 Å². The lowest BCUT2D eigenvalue weighted by molar-refractivity contribution is -0.144. The molecule has 0 amide bonds. The van der Waals surface area contributed by atoms with Gasteiger partial charge in [0, 0.05) is 5.56 Å². The Kier molecular flexibility index (Phi) is 7.39. The molecule has 1 atom stereocenters. The Hall–Kier alpha value is -3.37. The van der Waals surface area contributed by atoms with Gasteiger partial charge in [0.2, 0.25) is 15.8 Å². The summed E-state index contributed by atoms with van der Waals surface area (Å²) in [5.74, 6) is -1.69. The van der Waals surface area contributed by atoms with Crippen LogP contribution in [0.4, 0.5) is 0 Å². The van der Waals surface area contributed by atoms with E-state index in [1.54, 1.807) is 32.0 Å². The van der Waals surface area contributed by atoms with E-state index < -0.39 is 33.8 Å². The van der Waals surface area contributed by atoms with Crippen molar-refractivity contribution in [1.82, 2.24) is 4.72 Å². The molecule has 9 nitrogen and oxygen atoms in total. The molecule has 1 aliphatic rings. The molecule has 0 saturated heterocycles. The Morgan fingerprint density at radius 1 is 1.00 bits per heavy atom. The molecule has 1 aliphatic heterocycles. The fourth-order valence-corrected chi connectivity index (χ4v) is 4.44. The van der Waals surface area contributed by atoms with Crippen molar-refractivity contribution in [2.75, 3.05) is 20.3 Å². The number of ether oxygens (including phenoxy) is 4. The largest absolute Gasteiger partial charge is 0.497 e. The van der Waals surface area contributed by atoms with E-state index >= 15 is 0 Å². The predicted molar refractivity (Wildman–Crippen MR) is 118 cm³/mol. The van der Waals surface area contributed by atoms with Crippen LogP contribution < -0.4 is 14.2 Å². The highest BCUT2D eigenvalue weighted by Crippen LogP contribution is 2.41. The van der Waals surface area contributed by atoms with Crippen LogP contribution in [0.1, 0.15) is 31.0 Å². The first kappa shape index (κ1) is 24.3. The van der Waals surface area contributed by atoms with Crippen LogP contribution in [0.15, 0.2) is 58.7 Å². The van der Waals surface area contributed by atoms with Crippen LogP contribution in [0.25, 0.3) is 0 Å². The van der Waals surface area contributed by atoms with Crippen LogP contribution in [0.2, 0.25) is 0 Å². The van der Waals surface area contributed by atoms with Crippen LogP contribution in [0.5, 0.6) is 11.5 Å². The molecule has 0 aliphatic carbocycles. The summed E-state index contributed by atoms with van der Waals surface area (Å²) in [5, 5.41) is 0. The standard InChI is InChI=1S/C23H25NO8S/c1-5-30-22(25)19-20(24-33(27,28)16-10-7-14(3)8-11-16)17-13-15(29-4)9-12-18(17)32-21(19)23(26)31-6-2/h7-13,20,24H,5-6H2,1-4H3. The molecule has 10 heteroatoms. The fourth-order valence-electron chi connectivity index (χ4n) is 3.25. The molecule has 0 aromatic heterocycles. The number of esters is 2. The second kappa shape index (κ2) is 10.1. The van der Waals surface area contributed by atoms with Gasteiger partial charge in [-0.1, -0.05) is 17.7 Å². The maximum absolute atomic E-state index is 13.2. The number of rotatable bonds is 8. The normalized spacial score (nSPS) is 15.3. The van der Waals surface area contributed by atoms with Gasteiger partial charge in [0.05, 0.1) is 31.3 Å². The first-order valence-corrected chi connectivity index (χ1v) is 11.7. The molecule has 2 aromatic rings. The van der Waals surface area contributed by atoms with Crippen molar-refractivity contribution in [3.05, 3.63) is 64.9 Å². The van der Waals surface area contributed by atoms with E-state index in [1.807, 2.05) is 6.92 Å². The second-order valence-corrected chi connectivity index (χ2v) is 8.77. The van der Waals surface area contributed by atoms with E-state index in [9.17, 15) is 18.0 Å². The molecule has 2 aromatic carbocycles. The van der Waals surface area contributed by atoms with Crippen molar-refractivity contribution in [2.24, 2.45) is 0 Å². The van der Waals surface area contributed by atoms with Crippen molar-refractivity contribution >= 4 is 22.0 Å². The maximum Gasteiger partial charge on any atom is 0.374 e. The monoisotopic (exact) mass is 475 g/mol. The number of hydrogen-bond donors (Lipinski definition) is 1. The lowest BCUT2D eigenvalue weighted by Gasteiger charge is -2.29. The first-order chi connectivity index (χ1) is 15.7. The van der Waals surface area contributed by atoms with Crippen LogP contribution in [-0.4, -0.2) is 40.7 Å². The number of methoxy groups -OCH3 is 1. The molecule has 0 radical (unpaired) electrons. The number of carbonyl (C=O) groups is 2. The second-order valence-electron chi connectivity index (χ2n) is 7.06. The molecule has 1 N–H and O–H groups in total. The summed E-state index contributed by atoms with van der Waals surface area (Å²) in [5.41, 5.74) is 0.847. The molecule has 3 rings (SSSR count). The van der Waals surface area contributed by atoms with Gasteiger partial charge >= 0.3 is 11.9 Å². The van der Waals surface area contributed by atoms with Gasteiger partial charge in [-0.05, 0) is 51.1 Å². The summed E-state index contributed by atoms with van der Waals surface area (Å²) in [6, 6.07) is 9.54. The molecular weight excluding hydrogens is 450 g/mol. The Balaban J connectivity index is 2.20. The SMILES string of the molecule is CCOC(=O)C1=C(C(=O)OCC)C(NS(=O)(=O)c2ccc(C)cc2)c2cc(OC)ccc2O1. The highest BCUT2D eigenvalue weighted by Gasteiger charge is 2.41. The number of hydrogen-bond acceptors (Lipinski definition) is 8. The third-order valence-electron chi connectivity index (χ3n) is 4.83. The van der Waals surface area contributed by atoms with Crippen molar-refractivity contribution in [1.29, 1.82) is 0 Å². The average Bonchev–Trinajstić information content (AvgIpc) is 2.78. The van der Waals surface area contributed by atoms with E-state index in [-0.39, 0.29) is 35.0 Å². The van der Waals surface area contributed by atoms with Gasteiger partial charge in [0.15, 0.2) is 0 Å². The maximum atomic E-state index is 13.2. The summed E-state index contributed by atoms with van der Waals surface area (Å²) in [4.78, 5) is 25.6. The van der Waals surface area contributed by atoms with E-state index in [0.29, 0.717) is 5.75 Å². The summed E-state index contributed by atoms with van der Waals surface area (Å²) >= 11 is 0. The van der Waals surface area contributed by atoms with E-state index in [1.165, 1.54) is 31.4 Å². The Morgan fingerprint density at radius 2 is 1.64 bits per heavy atom. The number of aryl methyl sites for hydroxylation is 1. The van der Waals surface area contributed by atoms with E-state index in [2.05, 4.69) is 4.72 Å². The summed E-state index contributed by atoms with van der Waals surface area (Å²) in [7, 11) is -2.67. The molecule has 176 valence electrons. The number of benzene rings is 2. The third-order valence-corrected chi connectivity index (χ3v) is 6.27. The van der Waals surface area contributed by atoms with Gasteiger partial charge in [-0.2, -0.15) is 4.72 Å². The summed E-state index contributed by atoms with van der Waals surface area (Å²) in [6.45, 7) is 5.05. The van der Waals surface area contributed by atoms with Crippen molar-refractivity contribution < 1.29 is 37.0 Å². The molecule has 0 bridgehead atoms. The van der Waals surface area contributed by atoms with Gasteiger partial charge in [-0.15, -0.1) is 0 Å². The number of fused-ring (bicyclic) bond motifs is 1. The van der Waals surface area contributed by atoms with Crippen LogP contribution in [-0.2, 0) is 29.1 Å². The Morgan fingerprint density at radius 3 is 2.24 bits per heavy atom. The minimum absolute atomic E-state index is 0.000832. The van der Waals surface area contributed by atoms with E-state index in [4.69, 9.17) is 18.9 Å². The van der Waals surface area contributed by atoms with Gasteiger partial charge < -0.3 is 18.9 Å². The third kappa shape index (κ3) is 5.18. The Bertz CT molecular complexity index is 1190. The summed E-state index contributed by atoms with van der Waals surface area (Å²) in [6.07, 6.45) is 0.